The largest absolute Gasteiger partial charge is 0.382 e. The lowest BCUT2D eigenvalue weighted by molar-refractivity contribution is 0.396. The number of imidazole rings is 1. The third-order valence-electron chi connectivity index (χ3n) is 4.88. The van der Waals surface area contributed by atoms with E-state index in [1.807, 2.05) is 24.3 Å². The number of halogens is 1. The smallest absolute Gasteiger partial charge is 0.177 e. The molecule has 5 N–H and O–H groups in total. The molecule has 2 aromatic heterocycles. The molecule has 1 aliphatic rings. The zero-order valence-corrected chi connectivity index (χ0v) is 14.6. The Morgan fingerprint density at radius 3 is 2.76 bits per heavy atom. The van der Waals surface area contributed by atoms with Gasteiger partial charge in [-0.15, -0.1) is 5.10 Å². The standard InChI is InChI=1S/C18H21ClN6/c19-12-2-1-3-14(10-12)23-16-15(11-4-6-13(20)7-5-11)17(21)24-25-9-8-22-18(16)25/h1-3,8-11,13,23H,4-7,20H2,(H2,21,24)/t11-,13-. The first-order valence-corrected chi connectivity index (χ1v) is 8.90. The summed E-state index contributed by atoms with van der Waals surface area (Å²) in [6.45, 7) is 0. The summed E-state index contributed by atoms with van der Waals surface area (Å²) in [4.78, 5) is 4.47. The van der Waals surface area contributed by atoms with Crippen LogP contribution in [0.5, 0.6) is 0 Å². The fraction of sp³-hybridized carbons (Fsp3) is 0.333. The lowest BCUT2D eigenvalue weighted by Crippen LogP contribution is -2.26. The normalized spacial score (nSPS) is 20.7. The molecule has 2 heterocycles. The molecule has 0 unspecified atom stereocenters. The Hall–Kier alpha value is -2.31. The van der Waals surface area contributed by atoms with Crippen molar-refractivity contribution in [3.05, 3.63) is 47.2 Å². The summed E-state index contributed by atoms with van der Waals surface area (Å²) in [5, 5.41) is 8.63. The summed E-state index contributed by atoms with van der Waals surface area (Å²) in [6.07, 6.45) is 7.55. The SMILES string of the molecule is Nc1nn2ccnc2c(Nc2cccc(Cl)c2)c1[C@H]1CC[C@H](N)CC1. The number of nitrogens with one attached hydrogen (secondary N) is 1. The average molecular weight is 357 g/mol. The molecule has 130 valence electrons. The van der Waals surface area contributed by atoms with Gasteiger partial charge in [-0.25, -0.2) is 9.50 Å². The van der Waals surface area contributed by atoms with Crippen molar-refractivity contribution >= 4 is 34.4 Å². The molecule has 0 saturated heterocycles. The van der Waals surface area contributed by atoms with Gasteiger partial charge in [-0.1, -0.05) is 17.7 Å². The van der Waals surface area contributed by atoms with Crippen LogP contribution in [0.4, 0.5) is 17.2 Å². The fourth-order valence-corrected chi connectivity index (χ4v) is 3.82. The van der Waals surface area contributed by atoms with Gasteiger partial charge in [0.15, 0.2) is 5.65 Å². The van der Waals surface area contributed by atoms with Crippen LogP contribution in [0.25, 0.3) is 5.65 Å². The zero-order chi connectivity index (χ0) is 17.4. The summed E-state index contributed by atoms with van der Waals surface area (Å²) in [6, 6.07) is 7.91. The van der Waals surface area contributed by atoms with Crippen LogP contribution in [0, 0.1) is 0 Å². The van der Waals surface area contributed by atoms with Gasteiger partial charge in [0, 0.05) is 34.7 Å². The van der Waals surface area contributed by atoms with Crippen molar-refractivity contribution in [1.29, 1.82) is 0 Å². The van der Waals surface area contributed by atoms with Crippen LogP contribution in [0.2, 0.25) is 5.02 Å². The molecule has 1 aliphatic carbocycles. The van der Waals surface area contributed by atoms with E-state index in [1.165, 1.54) is 0 Å². The number of fused-ring (bicyclic) bond motifs is 1. The molecule has 1 aromatic carbocycles. The van der Waals surface area contributed by atoms with Crippen molar-refractivity contribution in [2.24, 2.45) is 5.73 Å². The second kappa shape index (κ2) is 6.54. The quantitative estimate of drug-likeness (QED) is 0.665. The number of rotatable bonds is 3. The summed E-state index contributed by atoms with van der Waals surface area (Å²) in [7, 11) is 0. The fourth-order valence-electron chi connectivity index (χ4n) is 3.63. The highest BCUT2D eigenvalue weighted by Gasteiger charge is 2.27. The maximum atomic E-state index is 6.34. The molecule has 0 aliphatic heterocycles. The summed E-state index contributed by atoms with van der Waals surface area (Å²) >= 11 is 6.13. The lowest BCUT2D eigenvalue weighted by atomic mass is 9.81. The molecule has 6 nitrogen and oxygen atoms in total. The summed E-state index contributed by atoms with van der Waals surface area (Å²) in [5.74, 6) is 0.867. The Labute approximate surface area is 151 Å². The molecule has 0 bridgehead atoms. The van der Waals surface area contributed by atoms with E-state index >= 15 is 0 Å². The molecular formula is C18H21ClN6. The van der Waals surface area contributed by atoms with Crippen LogP contribution in [0.15, 0.2) is 36.7 Å². The number of benzene rings is 1. The number of hydrogen-bond donors (Lipinski definition) is 3. The number of hydrogen-bond acceptors (Lipinski definition) is 5. The van der Waals surface area contributed by atoms with Gasteiger partial charge in [0.25, 0.3) is 0 Å². The van der Waals surface area contributed by atoms with E-state index in [9.17, 15) is 0 Å². The first-order chi connectivity index (χ1) is 12.1. The summed E-state index contributed by atoms with van der Waals surface area (Å²) < 4.78 is 1.71. The monoisotopic (exact) mass is 356 g/mol. The molecule has 0 amide bonds. The number of nitrogens with two attached hydrogens (primary N) is 2. The van der Waals surface area contributed by atoms with Gasteiger partial charge in [0.05, 0.1) is 5.69 Å². The van der Waals surface area contributed by atoms with E-state index in [0.29, 0.717) is 16.8 Å². The van der Waals surface area contributed by atoms with Crippen LogP contribution in [0.3, 0.4) is 0 Å². The minimum Gasteiger partial charge on any atom is -0.382 e. The molecule has 0 spiro atoms. The van der Waals surface area contributed by atoms with E-state index < -0.39 is 0 Å². The van der Waals surface area contributed by atoms with Gasteiger partial charge in [-0.05, 0) is 49.8 Å². The predicted octanol–water partition coefficient (Wildman–Crippen LogP) is 3.69. The van der Waals surface area contributed by atoms with Gasteiger partial charge in [0.1, 0.15) is 5.82 Å². The van der Waals surface area contributed by atoms with Crippen LogP contribution < -0.4 is 16.8 Å². The Balaban J connectivity index is 1.82. The molecule has 0 radical (unpaired) electrons. The van der Waals surface area contributed by atoms with Gasteiger partial charge in [-0.2, -0.15) is 0 Å². The molecule has 1 fully saturated rings. The van der Waals surface area contributed by atoms with Gasteiger partial charge in [0.2, 0.25) is 0 Å². The van der Waals surface area contributed by atoms with E-state index in [2.05, 4.69) is 15.4 Å². The molecule has 1 saturated carbocycles. The number of nitrogen functional groups attached to an aromatic ring is 1. The van der Waals surface area contributed by atoms with Crippen molar-refractivity contribution in [3.8, 4) is 0 Å². The van der Waals surface area contributed by atoms with Crippen molar-refractivity contribution in [2.45, 2.75) is 37.6 Å². The highest BCUT2D eigenvalue weighted by molar-refractivity contribution is 6.30. The molecular weight excluding hydrogens is 336 g/mol. The lowest BCUT2D eigenvalue weighted by Gasteiger charge is -2.28. The van der Waals surface area contributed by atoms with Crippen molar-refractivity contribution in [1.82, 2.24) is 14.6 Å². The van der Waals surface area contributed by atoms with Crippen LogP contribution >= 0.6 is 11.6 Å². The third kappa shape index (κ3) is 3.15. The minimum atomic E-state index is 0.282. The highest BCUT2D eigenvalue weighted by atomic mass is 35.5. The van der Waals surface area contributed by atoms with Crippen molar-refractivity contribution in [2.75, 3.05) is 11.1 Å². The average Bonchev–Trinajstić information content (AvgIpc) is 3.04. The van der Waals surface area contributed by atoms with Gasteiger partial charge >= 0.3 is 0 Å². The van der Waals surface area contributed by atoms with Gasteiger partial charge < -0.3 is 16.8 Å². The number of anilines is 3. The Morgan fingerprint density at radius 2 is 2.00 bits per heavy atom. The molecule has 4 rings (SSSR count). The van der Waals surface area contributed by atoms with Crippen molar-refractivity contribution in [3.63, 3.8) is 0 Å². The van der Waals surface area contributed by atoms with Crippen LogP contribution in [-0.4, -0.2) is 20.6 Å². The van der Waals surface area contributed by atoms with Gasteiger partial charge in [-0.3, -0.25) is 0 Å². The van der Waals surface area contributed by atoms with Crippen LogP contribution in [0.1, 0.15) is 37.2 Å². The highest BCUT2D eigenvalue weighted by Crippen LogP contribution is 2.41. The third-order valence-corrected chi connectivity index (χ3v) is 5.12. The maximum absolute atomic E-state index is 6.34. The number of nitrogens with zero attached hydrogens (tertiary/aromatic N) is 3. The first kappa shape index (κ1) is 16.2. The molecule has 0 atom stereocenters. The Bertz CT molecular complexity index is 898. The molecule has 7 heteroatoms. The predicted molar refractivity (Wildman–Crippen MR) is 101 cm³/mol. The zero-order valence-electron chi connectivity index (χ0n) is 13.8. The van der Waals surface area contributed by atoms with Crippen molar-refractivity contribution < 1.29 is 0 Å². The Kier molecular flexibility index (Phi) is 4.23. The maximum Gasteiger partial charge on any atom is 0.177 e. The second-order valence-corrected chi connectivity index (χ2v) is 7.05. The first-order valence-electron chi connectivity index (χ1n) is 8.52. The van der Waals surface area contributed by atoms with Crippen LogP contribution in [-0.2, 0) is 0 Å². The summed E-state index contributed by atoms with van der Waals surface area (Å²) in [5.41, 5.74) is 16.0. The Morgan fingerprint density at radius 1 is 1.20 bits per heavy atom. The minimum absolute atomic E-state index is 0.282. The van der Waals surface area contributed by atoms with E-state index in [1.54, 1.807) is 16.9 Å². The van der Waals surface area contributed by atoms with E-state index in [0.717, 1.165) is 48.3 Å². The van der Waals surface area contributed by atoms with E-state index in [4.69, 9.17) is 23.1 Å². The molecule has 3 aromatic rings. The second-order valence-electron chi connectivity index (χ2n) is 6.62. The molecule has 25 heavy (non-hydrogen) atoms. The van der Waals surface area contributed by atoms with E-state index in [-0.39, 0.29) is 6.04 Å². The number of aromatic nitrogens is 3. The topological polar surface area (TPSA) is 94.3 Å².